The van der Waals surface area contributed by atoms with Crippen molar-refractivity contribution in [2.45, 2.75) is 26.7 Å². The lowest BCUT2D eigenvalue weighted by atomic mass is 10.2. The van der Waals surface area contributed by atoms with Crippen molar-refractivity contribution >= 4 is 48.0 Å². The number of carboxylic acids is 6. The molecule has 0 aliphatic heterocycles. The number of rotatable bonds is 18. The second-order valence-corrected chi connectivity index (χ2v) is 9.39. The number of aliphatic carboxylic acids is 6. The first-order valence-corrected chi connectivity index (χ1v) is 15.8. The van der Waals surface area contributed by atoms with Crippen molar-refractivity contribution in [3.8, 4) is 11.5 Å². The Balaban J connectivity index is -0.000000625. The van der Waals surface area contributed by atoms with Crippen LogP contribution in [0, 0.1) is 0 Å². The maximum absolute atomic E-state index is 9.55. The van der Waals surface area contributed by atoms with E-state index in [0.29, 0.717) is 49.7 Å². The standard InChI is InChI=1S/2C12H18N2O.3C4H4O4/c2*1-3-15-12-8-11(9-14-10-12)6-4-5-7-13-2;3*5-3(6)1-2-4(7)8/h2*4,6,8-10,13H,3,5,7H2,1-2H3;3*1-2H,(H,5,6)(H,7,8)/b2*6-4+;3*2-1+. The van der Waals surface area contributed by atoms with E-state index in [1.165, 1.54) is 0 Å². The number of carboxylic acid groups (broad SMARTS) is 6. The molecule has 0 aromatic carbocycles. The number of pyridine rings is 2. The summed E-state index contributed by atoms with van der Waals surface area (Å²) in [5, 5.41) is 53.1. The van der Waals surface area contributed by atoms with Gasteiger partial charge >= 0.3 is 35.8 Å². The van der Waals surface area contributed by atoms with Crippen molar-refractivity contribution in [3.05, 3.63) is 96.7 Å². The summed E-state index contributed by atoms with van der Waals surface area (Å²) in [7, 11) is 3.90. The fourth-order valence-electron chi connectivity index (χ4n) is 2.87. The number of hydrogen-bond acceptors (Lipinski definition) is 12. The molecule has 18 heteroatoms. The molecule has 0 spiro atoms. The van der Waals surface area contributed by atoms with Crippen molar-refractivity contribution < 1.29 is 68.9 Å². The largest absolute Gasteiger partial charge is 0.492 e. The molecule has 0 unspecified atom stereocenters. The van der Waals surface area contributed by atoms with Gasteiger partial charge in [0.05, 0.1) is 25.6 Å². The second kappa shape index (κ2) is 36.1. The van der Waals surface area contributed by atoms with Gasteiger partial charge in [-0.3, -0.25) is 9.97 Å². The summed E-state index contributed by atoms with van der Waals surface area (Å²) < 4.78 is 10.7. The van der Waals surface area contributed by atoms with E-state index >= 15 is 0 Å². The average molecular weight is 761 g/mol. The van der Waals surface area contributed by atoms with Crippen LogP contribution in [-0.4, -0.2) is 117 Å². The monoisotopic (exact) mass is 760 g/mol. The van der Waals surface area contributed by atoms with E-state index in [1.807, 2.05) is 52.5 Å². The van der Waals surface area contributed by atoms with Crippen LogP contribution in [0.1, 0.15) is 37.8 Å². The van der Waals surface area contributed by atoms with Crippen molar-refractivity contribution in [1.29, 1.82) is 0 Å². The Labute approximate surface area is 312 Å². The van der Waals surface area contributed by atoms with Gasteiger partial charge in [0.2, 0.25) is 0 Å². The molecule has 0 bridgehead atoms. The summed E-state index contributed by atoms with van der Waals surface area (Å²) in [6.07, 6.45) is 20.9. The van der Waals surface area contributed by atoms with Gasteiger partial charge in [0, 0.05) is 48.8 Å². The SMILES string of the molecule is CCOc1cncc(/C=C/CCNC)c1.CCOc1cncc(/C=C/CCNC)c1.O=C(O)/C=C/C(=O)O.O=C(O)/C=C/C(=O)O.O=C(O)/C=C/C(=O)O. The normalized spacial score (nSPS) is 10.2. The molecule has 0 amide bonds. The van der Waals surface area contributed by atoms with Crippen LogP contribution < -0.4 is 20.1 Å². The van der Waals surface area contributed by atoms with Gasteiger partial charge in [-0.25, -0.2) is 28.8 Å². The van der Waals surface area contributed by atoms with E-state index in [1.54, 1.807) is 12.4 Å². The third kappa shape index (κ3) is 41.5. The molecular formula is C36H48N4O14. The van der Waals surface area contributed by atoms with E-state index < -0.39 is 35.8 Å². The Hall–Kier alpha value is -6.66. The third-order valence-corrected chi connectivity index (χ3v) is 4.94. The maximum atomic E-state index is 9.55. The lowest BCUT2D eigenvalue weighted by Crippen LogP contribution is -2.05. The topological polar surface area (TPSA) is 292 Å². The minimum absolute atomic E-state index is 0.558. The minimum Gasteiger partial charge on any atom is -0.492 e. The highest BCUT2D eigenvalue weighted by molar-refractivity contribution is 5.90. The lowest BCUT2D eigenvalue weighted by molar-refractivity contribution is -0.134. The van der Waals surface area contributed by atoms with Gasteiger partial charge in [0.25, 0.3) is 0 Å². The third-order valence-electron chi connectivity index (χ3n) is 4.94. The number of hydrogen-bond donors (Lipinski definition) is 8. The van der Waals surface area contributed by atoms with Gasteiger partial charge in [-0.1, -0.05) is 24.3 Å². The van der Waals surface area contributed by atoms with Crippen molar-refractivity contribution in [1.82, 2.24) is 20.6 Å². The number of aromatic nitrogens is 2. The van der Waals surface area contributed by atoms with Crippen LogP contribution in [0.15, 0.2) is 85.5 Å². The summed E-state index contributed by atoms with van der Waals surface area (Å²) in [6.45, 7) is 7.28. The summed E-state index contributed by atoms with van der Waals surface area (Å²) >= 11 is 0. The zero-order valence-corrected chi connectivity index (χ0v) is 30.3. The summed E-state index contributed by atoms with van der Waals surface area (Å²) in [4.78, 5) is 65.5. The van der Waals surface area contributed by atoms with E-state index in [-0.39, 0.29) is 0 Å². The molecule has 2 heterocycles. The minimum atomic E-state index is -1.26. The fraction of sp³-hybridized carbons (Fsp3) is 0.278. The fourth-order valence-corrected chi connectivity index (χ4v) is 2.87. The average Bonchev–Trinajstić information content (AvgIpc) is 3.11. The molecule has 0 saturated carbocycles. The molecule has 2 rings (SSSR count). The molecule has 8 N–H and O–H groups in total. The first-order valence-electron chi connectivity index (χ1n) is 15.8. The first kappa shape index (κ1) is 51.7. The zero-order chi connectivity index (χ0) is 41.6. The van der Waals surface area contributed by atoms with Gasteiger partial charge in [-0.2, -0.15) is 0 Å². The molecular weight excluding hydrogens is 712 g/mol. The Morgan fingerprint density at radius 3 is 1.04 bits per heavy atom. The van der Waals surface area contributed by atoms with Crippen LogP contribution in [0.2, 0.25) is 0 Å². The van der Waals surface area contributed by atoms with Gasteiger partial charge < -0.3 is 50.7 Å². The predicted octanol–water partition coefficient (Wildman–Crippen LogP) is 3.34. The summed E-state index contributed by atoms with van der Waals surface area (Å²) in [6, 6.07) is 3.98. The molecule has 0 aliphatic rings. The van der Waals surface area contributed by atoms with Crippen LogP contribution in [0.3, 0.4) is 0 Å². The molecule has 18 nitrogen and oxygen atoms in total. The number of ether oxygens (including phenoxy) is 2. The first-order chi connectivity index (χ1) is 25.6. The van der Waals surface area contributed by atoms with E-state index in [0.717, 1.165) is 48.6 Å². The molecule has 0 aliphatic carbocycles. The van der Waals surface area contributed by atoms with Crippen LogP contribution in [0.25, 0.3) is 12.2 Å². The van der Waals surface area contributed by atoms with E-state index in [2.05, 4.69) is 44.9 Å². The lowest BCUT2D eigenvalue weighted by Gasteiger charge is -2.02. The highest BCUT2D eigenvalue weighted by Gasteiger charge is 1.95. The van der Waals surface area contributed by atoms with Crippen LogP contribution in [0.4, 0.5) is 0 Å². The Morgan fingerprint density at radius 2 is 0.815 bits per heavy atom. The highest BCUT2D eigenvalue weighted by Crippen LogP contribution is 2.13. The van der Waals surface area contributed by atoms with Gasteiger partial charge in [-0.15, -0.1) is 0 Å². The van der Waals surface area contributed by atoms with Crippen LogP contribution in [-0.2, 0) is 28.8 Å². The van der Waals surface area contributed by atoms with Crippen LogP contribution >= 0.6 is 0 Å². The zero-order valence-electron chi connectivity index (χ0n) is 30.3. The van der Waals surface area contributed by atoms with Crippen molar-refractivity contribution in [2.75, 3.05) is 40.4 Å². The Bertz CT molecular complexity index is 1360. The molecule has 0 saturated heterocycles. The van der Waals surface area contributed by atoms with Gasteiger partial charge in [0.1, 0.15) is 11.5 Å². The Morgan fingerprint density at radius 1 is 0.537 bits per heavy atom. The second-order valence-electron chi connectivity index (χ2n) is 9.39. The van der Waals surface area contributed by atoms with E-state index in [4.69, 9.17) is 40.1 Å². The smallest absolute Gasteiger partial charge is 0.328 e. The highest BCUT2D eigenvalue weighted by atomic mass is 16.5. The number of nitrogens with one attached hydrogen (secondary N) is 2. The molecule has 0 radical (unpaired) electrons. The number of carbonyl (C=O) groups is 6. The quantitative estimate of drug-likeness (QED) is 0.0798. The van der Waals surface area contributed by atoms with Gasteiger partial charge in [0.15, 0.2) is 0 Å². The molecule has 54 heavy (non-hydrogen) atoms. The van der Waals surface area contributed by atoms with E-state index in [9.17, 15) is 28.8 Å². The molecule has 0 fully saturated rings. The predicted molar refractivity (Wildman–Crippen MR) is 199 cm³/mol. The van der Waals surface area contributed by atoms with Crippen molar-refractivity contribution in [3.63, 3.8) is 0 Å². The number of nitrogens with zero attached hydrogens (tertiary/aromatic N) is 2. The summed E-state index contributed by atoms with van der Waals surface area (Å²) in [5.41, 5.74) is 2.16. The molecule has 296 valence electrons. The van der Waals surface area contributed by atoms with Crippen LogP contribution in [0.5, 0.6) is 11.5 Å². The van der Waals surface area contributed by atoms with Gasteiger partial charge in [-0.05, 0) is 77.1 Å². The molecule has 2 aromatic rings. The molecule has 2 aromatic heterocycles. The molecule has 0 atom stereocenters. The van der Waals surface area contributed by atoms with Crippen molar-refractivity contribution in [2.24, 2.45) is 0 Å². The Kier molecular flexibility index (Phi) is 34.6. The summed E-state index contributed by atoms with van der Waals surface area (Å²) in [5.74, 6) is -5.89. The maximum Gasteiger partial charge on any atom is 0.328 e.